The fourth-order valence-electron chi connectivity index (χ4n) is 2.55. The van der Waals surface area contributed by atoms with Gasteiger partial charge in [-0.25, -0.2) is 0 Å². The van der Waals surface area contributed by atoms with Gasteiger partial charge >= 0.3 is 0 Å². The predicted molar refractivity (Wildman–Crippen MR) is 94.2 cm³/mol. The van der Waals surface area contributed by atoms with Crippen LogP contribution in [0.4, 0.5) is 0 Å². The van der Waals surface area contributed by atoms with Crippen molar-refractivity contribution < 1.29 is 14.2 Å². The maximum atomic E-state index is 5.78. The van der Waals surface area contributed by atoms with Crippen LogP contribution in [0.2, 0.25) is 0 Å². The first-order valence-electron chi connectivity index (χ1n) is 9.15. The molecule has 1 aliphatic rings. The van der Waals surface area contributed by atoms with Gasteiger partial charge in [-0.15, -0.1) is 0 Å². The Morgan fingerprint density at radius 2 is 1.70 bits per heavy atom. The third kappa shape index (κ3) is 7.85. The molecule has 0 saturated carbocycles. The lowest BCUT2D eigenvalue weighted by atomic mass is 10.1. The van der Waals surface area contributed by atoms with Crippen LogP contribution < -0.4 is 4.74 Å². The summed E-state index contributed by atoms with van der Waals surface area (Å²) in [5.74, 6) is 0.990. The molecule has 1 saturated heterocycles. The zero-order chi connectivity index (χ0) is 16.4. The van der Waals surface area contributed by atoms with Gasteiger partial charge in [0.2, 0.25) is 0 Å². The summed E-state index contributed by atoms with van der Waals surface area (Å²) in [6, 6.07) is 8.51. The van der Waals surface area contributed by atoms with E-state index in [1.54, 1.807) is 0 Å². The third-order valence-corrected chi connectivity index (χ3v) is 4.33. The van der Waals surface area contributed by atoms with E-state index < -0.39 is 0 Å². The first-order chi connectivity index (χ1) is 11.2. The molecule has 1 aromatic carbocycles. The fourth-order valence-corrected chi connectivity index (χ4v) is 2.55. The minimum atomic E-state index is 0.131. The molecule has 23 heavy (non-hydrogen) atoms. The van der Waals surface area contributed by atoms with Gasteiger partial charge in [-0.05, 0) is 50.3 Å². The average Bonchev–Trinajstić information content (AvgIpc) is 3.29. The standard InChI is InChI=1S/C20H32O3/c1-3-8-18-9-11-19(12-10-18)22-15-7-5-4-6-14-21-16-13-20(2)17-23-20/h9-12H,3-8,13-17H2,1-2H3. The van der Waals surface area contributed by atoms with Crippen molar-refractivity contribution in [3.05, 3.63) is 29.8 Å². The summed E-state index contributed by atoms with van der Waals surface area (Å²) in [4.78, 5) is 0. The summed E-state index contributed by atoms with van der Waals surface area (Å²) in [5.41, 5.74) is 1.52. The maximum Gasteiger partial charge on any atom is 0.119 e. The molecular weight excluding hydrogens is 288 g/mol. The minimum absolute atomic E-state index is 0.131. The molecule has 1 aliphatic heterocycles. The summed E-state index contributed by atoms with van der Waals surface area (Å²) in [5, 5.41) is 0. The van der Waals surface area contributed by atoms with Crippen LogP contribution in [-0.2, 0) is 15.9 Å². The molecule has 1 atom stereocenters. The summed E-state index contributed by atoms with van der Waals surface area (Å²) in [7, 11) is 0. The number of hydrogen-bond acceptors (Lipinski definition) is 3. The van der Waals surface area contributed by atoms with Crippen LogP contribution in [0.25, 0.3) is 0 Å². The van der Waals surface area contributed by atoms with Crippen molar-refractivity contribution in [2.24, 2.45) is 0 Å². The number of unbranched alkanes of at least 4 members (excludes halogenated alkanes) is 3. The Morgan fingerprint density at radius 3 is 2.35 bits per heavy atom. The largest absolute Gasteiger partial charge is 0.494 e. The topological polar surface area (TPSA) is 31.0 Å². The number of ether oxygens (including phenoxy) is 3. The highest BCUT2D eigenvalue weighted by Crippen LogP contribution is 2.29. The lowest BCUT2D eigenvalue weighted by molar-refractivity contribution is 0.110. The van der Waals surface area contributed by atoms with Crippen molar-refractivity contribution in [3.63, 3.8) is 0 Å². The summed E-state index contributed by atoms with van der Waals surface area (Å²) >= 11 is 0. The summed E-state index contributed by atoms with van der Waals surface area (Å²) < 4.78 is 16.8. The summed E-state index contributed by atoms with van der Waals surface area (Å²) in [6.45, 7) is 7.76. The van der Waals surface area contributed by atoms with Crippen LogP contribution in [0.1, 0.15) is 57.9 Å². The average molecular weight is 320 g/mol. The molecule has 130 valence electrons. The van der Waals surface area contributed by atoms with Gasteiger partial charge in [-0.1, -0.05) is 31.9 Å². The van der Waals surface area contributed by atoms with Crippen molar-refractivity contribution in [1.82, 2.24) is 0 Å². The summed E-state index contributed by atoms with van der Waals surface area (Å²) in [6.07, 6.45) is 8.04. The highest BCUT2D eigenvalue weighted by molar-refractivity contribution is 5.27. The lowest BCUT2D eigenvalue weighted by Gasteiger charge is -2.08. The smallest absolute Gasteiger partial charge is 0.119 e. The molecule has 0 spiro atoms. The van der Waals surface area contributed by atoms with Crippen LogP contribution in [-0.4, -0.2) is 32.0 Å². The molecule has 1 unspecified atom stereocenters. The second-order valence-electron chi connectivity index (χ2n) is 6.76. The zero-order valence-corrected chi connectivity index (χ0v) is 14.8. The van der Waals surface area contributed by atoms with Crippen LogP contribution in [0.5, 0.6) is 5.75 Å². The zero-order valence-electron chi connectivity index (χ0n) is 14.8. The van der Waals surface area contributed by atoms with Gasteiger partial charge in [0.05, 0.1) is 18.8 Å². The van der Waals surface area contributed by atoms with E-state index in [4.69, 9.17) is 14.2 Å². The molecule has 1 aromatic rings. The van der Waals surface area contributed by atoms with Gasteiger partial charge < -0.3 is 14.2 Å². The van der Waals surface area contributed by atoms with Crippen LogP contribution in [0.3, 0.4) is 0 Å². The Kier molecular flexibility index (Phi) is 7.90. The Labute approximate surface area is 141 Å². The van der Waals surface area contributed by atoms with Gasteiger partial charge in [-0.2, -0.15) is 0 Å². The molecule has 1 fully saturated rings. The normalized spacial score (nSPS) is 19.7. The second kappa shape index (κ2) is 9.94. The van der Waals surface area contributed by atoms with E-state index in [1.807, 2.05) is 0 Å². The highest BCUT2D eigenvalue weighted by Gasteiger charge is 2.38. The lowest BCUT2D eigenvalue weighted by Crippen LogP contribution is -2.09. The Bertz CT molecular complexity index is 423. The molecule has 0 aromatic heterocycles. The Hall–Kier alpha value is -1.06. The van der Waals surface area contributed by atoms with Gasteiger partial charge in [-0.3, -0.25) is 0 Å². The number of hydrogen-bond donors (Lipinski definition) is 0. The van der Waals surface area contributed by atoms with E-state index in [1.165, 1.54) is 24.8 Å². The quantitative estimate of drug-likeness (QED) is 0.387. The number of benzene rings is 1. The van der Waals surface area contributed by atoms with Crippen molar-refractivity contribution in [2.45, 2.75) is 64.4 Å². The van der Waals surface area contributed by atoms with Gasteiger partial charge in [0.25, 0.3) is 0 Å². The predicted octanol–water partition coefficient (Wildman–Crippen LogP) is 4.77. The molecule has 3 nitrogen and oxygen atoms in total. The molecule has 1 heterocycles. The van der Waals surface area contributed by atoms with E-state index in [-0.39, 0.29) is 5.60 Å². The van der Waals surface area contributed by atoms with E-state index in [0.29, 0.717) is 0 Å². The van der Waals surface area contributed by atoms with E-state index in [0.717, 1.165) is 57.9 Å². The van der Waals surface area contributed by atoms with Crippen LogP contribution >= 0.6 is 0 Å². The maximum absolute atomic E-state index is 5.78. The van der Waals surface area contributed by atoms with Crippen molar-refractivity contribution in [1.29, 1.82) is 0 Å². The SMILES string of the molecule is CCCc1ccc(OCCCCCCOCCC2(C)CO2)cc1. The van der Waals surface area contributed by atoms with Gasteiger partial charge in [0, 0.05) is 19.6 Å². The minimum Gasteiger partial charge on any atom is -0.494 e. The number of aryl methyl sites for hydroxylation is 1. The fraction of sp³-hybridized carbons (Fsp3) is 0.700. The number of epoxide rings is 1. The second-order valence-corrected chi connectivity index (χ2v) is 6.76. The highest BCUT2D eigenvalue weighted by atomic mass is 16.6. The molecule has 2 rings (SSSR count). The molecular formula is C20H32O3. The molecule has 0 radical (unpaired) electrons. The van der Waals surface area contributed by atoms with Crippen LogP contribution in [0.15, 0.2) is 24.3 Å². The van der Waals surface area contributed by atoms with E-state index in [9.17, 15) is 0 Å². The Balaban J connectivity index is 1.38. The van der Waals surface area contributed by atoms with E-state index >= 15 is 0 Å². The van der Waals surface area contributed by atoms with Gasteiger partial charge in [0.15, 0.2) is 0 Å². The monoisotopic (exact) mass is 320 g/mol. The number of rotatable bonds is 13. The molecule has 0 amide bonds. The third-order valence-electron chi connectivity index (χ3n) is 4.33. The molecule has 0 aliphatic carbocycles. The van der Waals surface area contributed by atoms with Gasteiger partial charge in [0.1, 0.15) is 5.75 Å². The van der Waals surface area contributed by atoms with Crippen molar-refractivity contribution in [3.8, 4) is 5.75 Å². The molecule has 0 N–H and O–H groups in total. The van der Waals surface area contributed by atoms with Crippen molar-refractivity contribution in [2.75, 3.05) is 26.4 Å². The molecule has 0 bridgehead atoms. The Morgan fingerprint density at radius 1 is 1.00 bits per heavy atom. The molecule has 3 heteroatoms. The first-order valence-corrected chi connectivity index (χ1v) is 9.15. The van der Waals surface area contributed by atoms with Crippen LogP contribution in [0, 0.1) is 0 Å². The van der Waals surface area contributed by atoms with E-state index in [2.05, 4.69) is 38.1 Å². The first kappa shape index (κ1) is 18.3. The van der Waals surface area contributed by atoms with Crippen molar-refractivity contribution >= 4 is 0 Å².